The topological polar surface area (TPSA) is 73.1 Å². The number of carboxylic acid groups (broad SMARTS) is 1. The lowest BCUT2D eigenvalue weighted by molar-refractivity contribution is 0.0697. The maximum atomic E-state index is 13.0. The number of hydrogen-bond donors (Lipinski definition) is 2. The first-order chi connectivity index (χ1) is 9.51. The van der Waals surface area contributed by atoms with Gasteiger partial charge in [-0.05, 0) is 52.3 Å². The zero-order chi connectivity index (χ0) is 14.7. The van der Waals surface area contributed by atoms with Gasteiger partial charge < -0.3 is 10.4 Å². The number of hydrogen-bond acceptors (Lipinski definition) is 3. The Morgan fingerprint density at radius 3 is 2.55 bits per heavy atom. The fourth-order valence-corrected chi connectivity index (χ4v) is 2.09. The number of halogens is 2. The van der Waals surface area contributed by atoms with E-state index >= 15 is 0 Å². The van der Waals surface area contributed by atoms with Gasteiger partial charge in [-0.3, -0.25) is 0 Å². The maximum Gasteiger partial charge on any atom is 0.335 e. The smallest absolute Gasteiger partial charge is 0.335 e. The van der Waals surface area contributed by atoms with Crippen LogP contribution in [0.2, 0.25) is 0 Å². The summed E-state index contributed by atoms with van der Waals surface area (Å²) in [5, 5.41) is 20.8. The second-order valence-electron chi connectivity index (χ2n) is 3.93. The lowest BCUT2D eigenvalue weighted by Crippen LogP contribution is -1.99. The van der Waals surface area contributed by atoms with E-state index in [4.69, 9.17) is 10.4 Å². The molecular formula is C14H8BrFN2O2. The van der Waals surface area contributed by atoms with Gasteiger partial charge in [0.05, 0.1) is 22.5 Å². The van der Waals surface area contributed by atoms with Crippen LogP contribution in [0.1, 0.15) is 15.9 Å². The Morgan fingerprint density at radius 2 is 1.95 bits per heavy atom. The van der Waals surface area contributed by atoms with E-state index in [0.29, 0.717) is 15.8 Å². The van der Waals surface area contributed by atoms with Crippen LogP contribution in [0.25, 0.3) is 0 Å². The fourth-order valence-electron chi connectivity index (χ4n) is 1.61. The van der Waals surface area contributed by atoms with Crippen LogP contribution in [0.15, 0.2) is 40.9 Å². The van der Waals surface area contributed by atoms with Crippen LogP contribution in [0.4, 0.5) is 15.8 Å². The fraction of sp³-hybridized carbons (Fsp3) is 0. The molecule has 0 atom stereocenters. The largest absolute Gasteiger partial charge is 0.478 e. The molecule has 0 saturated heterocycles. The minimum atomic E-state index is -1.03. The van der Waals surface area contributed by atoms with Gasteiger partial charge in [0.2, 0.25) is 0 Å². The first-order valence-corrected chi connectivity index (χ1v) is 6.30. The Bertz CT molecular complexity index is 726. The minimum Gasteiger partial charge on any atom is -0.478 e. The Labute approximate surface area is 122 Å². The van der Waals surface area contributed by atoms with Crippen LogP contribution in [0.3, 0.4) is 0 Å². The molecule has 2 N–H and O–H groups in total. The third-order valence-electron chi connectivity index (χ3n) is 2.59. The molecule has 2 aromatic rings. The van der Waals surface area contributed by atoms with Crippen molar-refractivity contribution < 1.29 is 14.3 Å². The van der Waals surface area contributed by atoms with Gasteiger partial charge in [-0.2, -0.15) is 5.26 Å². The lowest BCUT2D eigenvalue weighted by Gasteiger charge is -2.10. The van der Waals surface area contributed by atoms with Crippen molar-refractivity contribution in [2.75, 3.05) is 5.32 Å². The highest BCUT2D eigenvalue weighted by molar-refractivity contribution is 9.10. The van der Waals surface area contributed by atoms with E-state index in [1.165, 1.54) is 24.3 Å². The van der Waals surface area contributed by atoms with Crippen molar-refractivity contribution in [1.82, 2.24) is 0 Å². The normalized spacial score (nSPS) is 9.85. The molecule has 0 aliphatic carbocycles. The highest BCUT2D eigenvalue weighted by Crippen LogP contribution is 2.28. The molecule has 100 valence electrons. The van der Waals surface area contributed by atoms with Crippen LogP contribution in [-0.4, -0.2) is 11.1 Å². The molecule has 0 amide bonds. The van der Waals surface area contributed by atoms with E-state index in [1.807, 2.05) is 6.07 Å². The number of anilines is 2. The predicted molar refractivity (Wildman–Crippen MR) is 75.5 cm³/mol. The summed E-state index contributed by atoms with van der Waals surface area (Å²) >= 11 is 3.25. The van der Waals surface area contributed by atoms with E-state index in [0.717, 1.165) is 6.07 Å². The summed E-state index contributed by atoms with van der Waals surface area (Å²) in [7, 11) is 0. The Balaban J connectivity index is 2.36. The molecule has 0 spiro atoms. The molecule has 20 heavy (non-hydrogen) atoms. The first kappa shape index (κ1) is 14.0. The molecule has 0 heterocycles. The number of rotatable bonds is 3. The SMILES string of the molecule is N#Cc1cc(F)ccc1Nc1ccc(C(=O)O)cc1Br. The number of benzene rings is 2. The summed E-state index contributed by atoms with van der Waals surface area (Å²) < 4.78 is 13.6. The molecule has 0 bridgehead atoms. The highest BCUT2D eigenvalue weighted by Gasteiger charge is 2.09. The molecular weight excluding hydrogens is 327 g/mol. The first-order valence-electron chi connectivity index (χ1n) is 5.51. The maximum absolute atomic E-state index is 13.0. The van der Waals surface area contributed by atoms with E-state index in [1.54, 1.807) is 6.07 Å². The Hall–Kier alpha value is -2.39. The number of nitrogens with zero attached hydrogens (tertiary/aromatic N) is 1. The van der Waals surface area contributed by atoms with Gasteiger partial charge in [-0.15, -0.1) is 0 Å². The Kier molecular flexibility index (Phi) is 4.01. The average molecular weight is 335 g/mol. The lowest BCUT2D eigenvalue weighted by atomic mass is 10.1. The van der Waals surface area contributed by atoms with Crippen LogP contribution in [0.5, 0.6) is 0 Å². The van der Waals surface area contributed by atoms with E-state index < -0.39 is 11.8 Å². The van der Waals surface area contributed by atoms with Crippen molar-refractivity contribution >= 4 is 33.3 Å². The summed E-state index contributed by atoms with van der Waals surface area (Å²) in [4.78, 5) is 10.8. The summed E-state index contributed by atoms with van der Waals surface area (Å²) in [6.07, 6.45) is 0. The van der Waals surface area contributed by atoms with Crippen molar-refractivity contribution in [2.45, 2.75) is 0 Å². The molecule has 0 aliphatic heterocycles. The molecule has 0 saturated carbocycles. The van der Waals surface area contributed by atoms with E-state index in [-0.39, 0.29) is 11.1 Å². The van der Waals surface area contributed by atoms with E-state index in [2.05, 4.69) is 21.2 Å². The summed E-state index contributed by atoms with van der Waals surface area (Å²) in [5.74, 6) is -1.52. The number of nitrogens with one attached hydrogen (secondary N) is 1. The monoisotopic (exact) mass is 334 g/mol. The Morgan fingerprint density at radius 1 is 1.25 bits per heavy atom. The number of nitriles is 1. The number of carbonyl (C=O) groups is 1. The van der Waals surface area contributed by atoms with Gasteiger partial charge in [0.1, 0.15) is 11.9 Å². The van der Waals surface area contributed by atoms with E-state index in [9.17, 15) is 9.18 Å². The van der Waals surface area contributed by atoms with Gasteiger partial charge in [0.25, 0.3) is 0 Å². The molecule has 0 aromatic heterocycles. The van der Waals surface area contributed by atoms with Crippen molar-refractivity contribution in [3.8, 4) is 6.07 Å². The van der Waals surface area contributed by atoms with Crippen LogP contribution in [-0.2, 0) is 0 Å². The second kappa shape index (κ2) is 5.72. The summed E-state index contributed by atoms with van der Waals surface area (Å²) in [6, 6.07) is 10.2. The summed E-state index contributed by atoms with van der Waals surface area (Å²) in [5.41, 5.74) is 1.33. The third kappa shape index (κ3) is 2.95. The quantitative estimate of drug-likeness (QED) is 0.892. The number of aromatic carboxylic acids is 1. The van der Waals surface area contributed by atoms with Crippen LogP contribution >= 0.6 is 15.9 Å². The molecule has 2 rings (SSSR count). The standard InChI is InChI=1S/C14H8BrFN2O2/c15-11-6-8(14(19)20)1-3-13(11)18-12-4-2-10(16)5-9(12)7-17/h1-6,18H,(H,19,20). The molecule has 0 aliphatic rings. The van der Waals surface area contributed by atoms with Crippen LogP contribution in [0, 0.1) is 17.1 Å². The highest BCUT2D eigenvalue weighted by atomic mass is 79.9. The molecule has 0 fully saturated rings. The predicted octanol–water partition coefficient (Wildman–Crippen LogP) is 3.90. The number of carboxylic acids is 1. The van der Waals surface area contributed by atoms with Crippen molar-refractivity contribution in [1.29, 1.82) is 5.26 Å². The molecule has 2 aromatic carbocycles. The van der Waals surface area contributed by atoms with Gasteiger partial charge >= 0.3 is 5.97 Å². The molecule has 0 unspecified atom stereocenters. The van der Waals surface area contributed by atoms with Crippen LogP contribution < -0.4 is 5.32 Å². The van der Waals surface area contributed by atoms with Gasteiger partial charge in [-0.1, -0.05) is 0 Å². The zero-order valence-electron chi connectivity index (χ0n) is 10.0. The van der Waals surface area contributed by atoms with Gasteiger partial charge in [-0.25, -0.2) is 9.18 Å². The average Bonchev–Trinajstić information content (AvgIpc) is 2.42. The van der Waals surface area contributed by atoms with Gasteiger partial charge in [0.15, 0.2) is 0 Å². The molecule has 6 heteroatoms. The molecule has 4 nitrogen and oxygen atoms in total. The van der Waals surface area contributed by atoms with Gasteiger partial charge in [0, 0.05) is 4.47 Å². The zero-order valence-corrected chi connectivity index (χ0v) is 11.6. The molecule has 0 radical (unpaired) electrons. The van der Waals surface area contributed by atoms with Crippen molar-refractivity contribution in [2.24, 2.45) is 0 Å². The van der Waals surface area contributed by atoms with Crippen molar-refractivity contribution in [3.05, 3.63) is 57.8 Å². The summed E-state index contributed by atoms with van der Waals surface area (Å²) in [6.45, 7) is 0. The minimum absolute atomic E-state index is 0.141. The van der Waals surface area contributed by atoms with Crippen molar-refractivity contribution in [3.63, 3.8) is 0 Å². The second-order valence-corrected chi connectivity index (χ2v) is 4.78. The third-order valence-corrected chi connectivity index (χ3v) is 3.24.